The molecule has 144 valence electrons. The molecule has 3 rings (SSSR count). The van der Waals surface area contributed by atoms with E-state index in [1.165, 1.54) is 4.80 Å². The van der Waals surface area contributed by atoms with E-state index in [9.17, 15) is 9.59 Å². The van der Waals surface area contributed by atoms with Gasteiger partial charge in [-0.25, -0.2) is 4.79 Å². The number of aryl methyl sites for hydroxylation is 1. The van der Waals surface area contributed by atoms with Crippen LogP contribution in [0.5, 0.6) is 0 Å². The Morgan fingerprint density at radius 1 is 1.14 bits per heavy atom. The number of amides is 1. The van der Waals surface area contributed by atoms with Gasteiger partial charge in [-0.1, -0.05) is 48.0 Å². The molecule has 1 aromatic heterocycles. The number of aromatic nitrogens is 3. The molecule has 0 radical (unpaired) electrons. The van der Waals surface area contributed by atoms with E-state index in [0.717, 1.165) is 5.56 Å². The third-order valence-corrected chi connectivity index (χ3v) is 4.26. The number of nitrogens with one attached hydrogen (secondary N) is 1. The second kappa shape index (κ2) is 8.67. The largest absolute Gasteiger partial charge is 0.451 e. The summed E-state index contributed by atoms with van der Waals surface area (Å²) in [7, 11) is 0. The number of hydrogen-bond donors (Lipinski definition) is 1. The van der Waals surface area contributed by atoms with Gasteiger partial charge in [0.25, 0.3) is 5.91 Å². The number of ether oxygens (including phenoxy) is 1. The minimum Gasteiger partial charge on any atom is -0.451 e. The molecule has 7 nitrogen and oxygen atoms in total. The molecule has 0 unspecified atom stereocenters. The van der Waals surface area contributed by atoms with Gasteiger partial charge in [-0.2, -0.15) is 9.90 Å². The summed E-state index contributed by atoms with van der Waals surface area (Å²) in [5, 5.41) is 11.7. The van der Waals surface area contributed by atoms with Gasteiger partial charge in [0, 0.05) is 5.02 Å². The molecular formula is C20H19ClN4O3. The van der Waals surface area contributed by atoms with Crippen LogP contribution in [0, 0.1) is 6.92 Å². The Balaban J connectivity index is 1.60. The van der Waals surface area contributed by atoms with Crippen LogP contribution in [0.4, 0.5) is 0 Å². The summed E-state index contributed by atoms with van der Waals surface area (Å²) in [5.74, 6) is -1.11. The molecule has 0 aliphatic heterocycles. The molecule has 0 fully saturated rings. The average Bonchev–Trinajstić information content (AvgIpc) is 3.08. The molecule has 3 aromatic rings. The maximum Gasteiger partial charge on any atom is 0.361 e. The van der Waals surface area contributed by atoms with Crippen molar-refractivity contribution in [3.63, 3.8) is 0 Å². The van der Waals surface area contributed by atoms with Crippen LogP contribution >= 0.6 is 11.6 Å². The highest BCUT2D eigenvalue weighted by Crippen LogP contribution is 2.15. The third kappa shape index (κ3) is 4.75. The molecule has 2 aromatic carbocycles. The number of esters is 1. The van der Waals surface area contributed by atoms with Crippen molar-refractivity contribution in [2.45, 2.75) is 19.9 Å². The fraction of sp³-hybridized carbons (Fsp3) is 0.200. The zero-order chi connectivity index (χ0) is 20.1. The van der Waals surface area contributed by atoms with Gasteiger partial charge in [-0.05, 0) is 37.6 Å². The predicted molar refractivity (Wildman–Crippen MR) is 104 cm³/mol. The highest BCUT2D eigenvalue weighted by atomic mass is 35.5. The van der Waals surface area contributed by atoms with Crippen LogP contribution in [0.15, 0.2) is 54.6 Å². The highest BCUT2D eigenvalue weighted by Gasteiger charge is 2.19. The van der Waals surface area contributed by atoms with E-state index >= 15 is 0 Å². The van der Waals surface area contributed by atoms with Crippen molar-refractivity contribution in [2.24, 2.45) is 0 Å². The summed E-state index contributed by atoms with van der Waals surface area (Å²) in [6.45, 7) is 3.09. The summed E-state index contributed by atoms with van der Waals surface area (Å²) in [4.78, 5) is 25.7. The fourth-order valence-corrected chi connectivity index (χ4v) is 2.78. The number of hydrogen-bond acceptors (Lipinski definition) is 5. The SMILES string of the molecule is Cc1nn(-c2cccc(Cl)c2)nc1C(=O)OCC(=O)N[C@@H](C)c1ccccc1. The standard InChI is InChI=1S/C20H19ClN4O3/c1-13(15-7-4-3-5-8-15)22-18(26)12-28-20(27)19-14(2)23-25(24-19)17-10-6-9-16(21)11-17/h3-11,13H,12H2,1-2H3,(H,22,26)/t13-/m0/s1. The van der Waals surface area contributed by atoms with Crippen LogP contribution in [0.1, 0.15) is 34.7 Å². The Labute approximate surface area is 167 Å². The monoisotopic (exact) mass is 398 g/mol. The molecule has 1 heterocycles. The van der Waals surface area contributed by atoms with Crippen molar-refractivity contribution < 1.29 is 14.3 Å². The number of carbonyl (C=O) groups excluding carboxylic acids is 2. The molecule has 1 N–H and O–H groups in total. The van der Waals surface area contributed by atoms with Crippen molar-refractivity contribution in [3.8, 4) is 5.69 Å². The molecule has 0 saturated carbocycles. The second-order valence-electron chi connectivity index (χ2n) is 6.18. The van der Waals surface area contributed by atoms with Crippen molar-refractivity contribution >= 4 is 23.5 Å². The first-order valence-electron chi connectivity index (χ1n) is 8.65. The Bertz CT molecular complexity index is 988. The van der Waals surface area contributed by atoms with E-state index in [0.29, 0.717) is 16.4 Å². The molecule has 0 bridgehead atoms. The van der Waals surface area contributed by atoms with Crippen LogP contribution < -0.4 is 5.32 Å². The van der Waals surface area contributed by atoms with Crippen molar-refractivity contribution in [1.29, 1.82) is 0 Å². The normalized spacial score (nSPS) is 11.7. The van der Waals surface area contributed by atoms with E-state index in [2.05, 4.69) is 15.5 Å². The number of nitrogens with zero attached hydrogens (tertiary/aromatic N) is 3. The molecule has 1 amide bonds. The molecule has 0 spiro atoms. The lowest BCUT2D eigenvalue weighted by Crippen LogP contribution is -2.31. The lowest BCUT2D eigenvalue weighted by Gasteiger charge is -2.14. The Morgan fingerprint density at radius 2 is 1.89 bits per heavy atom. The van der Waals surface area contributed by atoms with Crippen molar-refractivity contribution in [1.82, 2.24) is 20.3 Å². The van der Waals surface area contributed by atoms with E-state index in [1.807, 2.05) is 37.3 Å². The number of benzene rings is 2. The zero-order valence-electron chi connectivity index (χ0n) is 15.4. The number of halogens is 1. The average molecular weight is 399 g/mol. The summed E-state index contributed by atoms with van der Waals surface area (Å²) in [6, 6.07) is 16.2. The van der Waals surface area contributed by atoms with E-state index in [-0.39, 0.29) is 11.7 Å². The Kier molecular flexibility index (Phi) is 6.06. The van der Waals surface area contributed by atoms with Gasteiger partial charge in [0.15, 0.2) is 12.3 Å². The molecule has 28 heavy (non-hydrogen) atoms. The maximum absolute atomic E-state index is 12.3. The first kappa shape index (κ1) is 19.6. The summed E-state index contributed by atoms with van der Waals surface area (Å²) in [6.07, 6.45) is 0. The lowest BCUT2D eigenvalue weighted by molar-refractivity contribution is -0.124. The summed E-state index contributed by atoms with van der Waals surface area (Å²) < 4.78 is 5.09. The maximum atomic E-state index is 12.3. The van der Waals surface area contributed by atoms with Gasteiger partial charge < -0.3 is 10.1 Å². The van der Waals surface area contributed by atoms with Crippen LogP contribution in [0.25, 0.3) is 5.69 Å². The lowest BCUT2D eigenvalue weighted by atomic mass is 10.1. The highest BCUT2D eigenvalue weighted by molar-refractivity contribution is 6.30. The van der Waals surface area contributed by atoms with Crippen LogP contribution in [0.2, 0.25) is 5.02 Å². The van der Waals surface area contributed by atoms with Gasteiger partial charge in [-0.3, -0.25) is 4.79 Å². The Hall–Kier alpha value is -3.19. The topological polar surface area (TPSA) is 86.1 Å². The molecule has 8 heteroatoms. The van der Waals surface area contributed by atoms with E-state index in [4.69, 9.17) is 16.3 Å². The predicted octanol–water partition coefficient (Wildman–Crippen LogP) is 3.26. The van der Waals surface area contributed by atoms with E-state index < -0.39 is 18.5 Å². The van der Waals surface area contributed by atoms with Crippen molar-refractivity contribution in [2.75, 3.05) is 6.61 Å². The molecule has 0 saturated heterocycles. The summed E-state index contributed by atoms with van der Waals surface area (Å²) >= 11 is 5.97. The quantitative estimate of drug-likeness (QED) is 0.644. The minimum absolute atomic E-state index is 0.0453. The molecule has 1 atom stereocenters. The van der Waals surface area contributed by atoms with Gasteiger partial charge in [0.2, 0.25) is 0 Å². The van der Waals surface area contributed by atoms with Gasteiger partial charge in [-0.15, -0.1) is 5.10 Å². The van der Waals surface area contributed by atoms with Crippen LogP contribution in [-0.4, -0.2) is 33.5 Å². The number of rotatable bonds is 6. The fourth-order valence-electron chi connectivity index (χ4n) is 2.59. The van der Waals surface area contributed by atoms with E-state index in [1.54, 1.807) is 31.2 Å². The second-order valence-corrected chi connectivity index (χ2v) is 6.62. The first-order chi connectivity index (χ1) is 13.4. The molecule has 0 aliphatic rings. The third-order valence-electron chi connectivity index (χ3n) is 4.03. The zero-order valence-corrected chi connectivity index (χ0v) is 16.2. The van der Waals surface area contributed by atoms with Gasteiger partial charge >= 0.3 is 5.97 Å². The smallest absolute Gasteiger partial charge is 0.361 e. The van der Waals surface area contributed by atoms with Gasteiger partial charge in [0.1, 0.15) is 0 Å². The summed E-state index contributed by atoms with van der Waals surface area (Å²) in [5.41, 5.74) is 2.01. The van der Waals surface area contributed by atoms with Crippen LogP contribution in [0.3, 0.4) is 0 Å². The first-order valence-corrected chi connectivity index (χ1v) is 9.03. The van der Waals surface area contributed by atoms with Crippen molar-refractivity contribution in [3.05, 3.63) is 76.6 Å². The molecular weight excluding hydrogens is 380 g/mol. The Morgan fingerprint density at radius 3 is 2.61 bits per heavy atom. The minimum atomic E-state index is -0.715. The van der Waals surface area contributed by atoms with Gasteiger partial charge in [0.05, 0.1) is 17.4 Å². The van der Waals surface area contributed by atoms with Crippen LogP contribution in [-0.2, 0) is 9.53 Å². The molecule has 0 aliphatic carbocycles. The number of carbonyl (C=O) groups is 2.